The molecule has 3 heterocycles. The molecule has 7 nitrogen and oxygen atoms in total. The van der Waals surface area contributed by atoms with E-state index >= 15 is 0 Å². The summed E-state index contributed by atoms with van der Waals surface area (Å²) in [6.07, 6.45) is 6.53. The van der Waals surface area contributed by atoms with Crippen LogP contribution in [-0.2, 0) is 6.54 Å². The lowest BCUT2D eigenvalue weighted by Gasteiger charge is -2.09. The van der Waals surface area contributed by atoms with Gasteiger partial charge in [-0.1, -0.05) is 0 Å². The molecule has 0 aliphatic rings. The van der Waals surface area contributed by atoms with E-state index in [1.807, 2.05) is 12.1 Å². The van der Waals surface area contributed by atoms with Crippen LogP contribution >= 0.6 is 0 Å². The second-order valence-corrected chi connectivity index (χ2v) is 4.98. The van der Waals surface area contributed by atoms with Crippen molar-refractivity contribution in [3.05, 3.63) is 66.4 Å². The Morgan fingerprint density at radius 2 is 1.92 bits per heavy atom. The summed E-state index contributed by atoms with van der Waals surface area (Å²) in [6.45, 7) is 0.295. The molecule has 0 saturated carbocycles. The third-order valence-electron chi connectivity index (χ3n) is 3.33. The van der Waals surface area contributed by atoms with E-state index in [0.717, 1.165) is 5.56 Å². The van der Waals surface area contributed by atoms with E-state index in [2.05, 4.69) is 30.6 Å². The van der Waals surface area contributed by atoms with Gasteiger partial charge < -0.3 is 10.6 Å². The lowest BCUT2D eigenvalue weighted by Crippen LogP contribution is -2.23. The van der Waals surface area contributed by atoms with Crippen LogP contribution in [-0.4, -0.2) is 32.9 Å². The van der Waals surface area contributed by atoms with Crippen LogP contribution in [0.2, 0.25) is 0 Å². The number of anilines is 1. The van der Waals surface area contributed by atoms with E-state index in [4.69, 9.17) is 0 Å². The summed E-state index contributed by atoms with van der Waals surface area (Å²) in [7, 11) is 1.79. The molecule has 3 aromatic heterocycles. The third kappa shape index (κ3) is 3.70. The predicted molar refractivity (Wildman–Crippen MR) is 90.2 cm³/mol. The Balaban J connectivity index is 1.79. The number of aromatic nitrogens is 4. The quantitative estimate of drug-likeness (QED) is 0.746. The number of carbonyl (C=O) groups is 1. The van der Waals surface area contributed by atoms with Gasteiger partial charge in [0.15, 0.2) is 5.82 Å². The SMILES string of the molecule is CNc1cc(CNC(=O)c2cccnc2)nc(-c2ccncc2)n1. The first-order chi connectivity index (χ1) is 11.8. The van der Waals surface area contributed by atoms with E-state index in [1.165, 1.54) is 6.20 Å². The molecule has 3 aromatic rings. The standard InChI is InChI=1S/C17H16N6O/c1-18-15-9-14(11-21-17(24)13-3-2-6-20-10-13)22-16(23-15)12-4-7-19-8-5-12/h2-10H,11H2,1H3,(H,21,24)(H,18,22,23). The molecule has 0 aromatic carbocycles. The molecular formula is C17H16N6O. The Morgan fingerprint density at radius 3 is 2.62 bits per heavy atom. The van der Waals surface area contributed by atoms with E-state index < -0.39 is 0 Å². The van der Waals surface area contributed by atoms with Gasteiger partial charge >= 0.3 is 0 Å². The molecule has 1 amide bonds. The average Bonchev–Trinajstić information content (AvgIpc) is 2.67. The molecule has 0 atom stereocenters. The van der Waals surface area contributed by atoms with Gasteiger partial charge in [-0.3, -0.25) is 14.8 Å². The minimum Gasteiger partial charge on any atom is -0.373 e. The first kappa shape index (κ1) is 15.5. The van der Waals surface area contributed by atoms with Gasteiger partial charge in [-0.25, -0.2) is 9.97 Å². The maximum absolute atomic E-state index is 12.1. The largest absolute Gasteiger partial charge is 0.373 e. The fourth-order valence-corrected chi connectivity index (χ4v) is 2.12. The van der Waals surface area contributed by atoms with Crippen LogP contribution in [0.5, 0.6) is 0 Å². The van der Waals surface area contributed by atoms with Gasteiger partial charge in [0.05, 0.1) is 17.8 Å². The Morgan fingerprint density at radius 1 is 1.08 bits per heavy atom. The summed E-state index contributed by atoms with van der Waals surface area (Å²) in [5.41, 5.74) is 2.08. The number of hydrogen-bond acceptors (Lipinski definition) is 6. The summed E-state index contributed by atoms with van der Waals surface area (Å²) >= 11 is 0. The van der Waals surface area contributed by atoms with Crippen molar-refractivity contribution in [3.63, 3.8) is 0 Å². The molecule has 0 unspecified atom stereocenters. The molecule has 0 radical (unpaired) electrons. The number of rotatable bonds is 5. The highest BCUT2D eigenvalue weighted by Gasteiger charge is 2.09. The lowest BCUT2D eigenvalue weighted by molar-refractivity contribution is 0.0950. The molecule has 0 aliphatic carbocycles. The van der Waals surface area contributed by atoms with Crippen LogP contribution in [0.3, 0.4) is 0 Å². The fraction of sp³-hybridized carbons (Fsp3) is 0.118. The van der Waals surface area contributed by atoms with Gasteiger partial charge in [0, 0.05) is 43.5 Å². The maximum atomic E-state index is 12.1. The van der Waals surface area contributed by atoms with Gasteiger partial charge in [-0.2, -0.15) is 0 Å². The van der Waals surface area contributed by atoms with Crippen molar-refractivity contribution in [2.24, 2.45) is 0 Å². The summed E-state index contributed by atoms with van der Waals surface area (Å²) in [4.78, 5) is 29.0. The second-order valence-electron chi connectivity index (χ2n) is 4.98. The molecule has 7 heteroatoms. The summed E-state index contributed by atoms with van der Waals surface area (Å²) in [6, 6.07) is 8.91. The number of pyridine rings is 2. The van der Waals surface area contributed by atoms with Crippen molar-refractivity contribution in [1.29, 1.82) is 0 Å². The van der Waals surface area contributed by atoms with Crippen LogP contribution in [0.1, 0.15) is 16.1 Å². The van der Waals surface area contributed by atoms with Crippen LogP contribution in [0.4, 0.5) is 5.82 Å². The van der Waals surface area contributed by atoms with Crippen LogP contribution in [0, 0.1) is 0 Å². The van der Waals surface area contributed by atoms with Gasteiger partial charge in [0.25, 0.3) is 5.91 Å². The zero-order valence-electron chi connectivity index (χ0n) is 13.1. The third-order valence-corrected chi connectivity index (χ3v) is 3.33. The van der Waals surface area contributed by atoms with Crippen molar-refractivity contribution in [2.45, 2.75) is 6.54 Å². The molecule has 3 rings (SSSR count). The second kappa shape index (κ2) is 7.28. The monoisotopic (exact) mass is 320 g/mol. The summed E-state index contributed by atoms with van der Waals surface area (Å²) in [5.74, 6) is 1.07. The van der Waals surface area contributed by atoms with Crippen molar-refractivity contribution in [2.75, 3.05) is 12.4 Å². The number of nitrogens with zero attached hydrogens (tertiary/aromatic N) is 4. The minimum absolute atomic E-state index is 0.196. The lowest BCUT2D eigenvalue weighted by atomic mass is 10.2. The highest BCUT2D eigenvalue weighted by Crippen LogP contribution is 2.17. The van der Waals surface area contributed by atoms with E-state index in [-0.39, 0.29) is 5.91 Å². The molecule has 24 heavy (non-hydrogen) atoms. The van der Waals surface area contributed by atoms with Gasteiger partial charge in [0.2, 0.25) is 0 Å². The van der Waals surface area contributed by atoms with Crippen molar-refractivity contribution < 1.29 is 4.79 Å². The highest BCUT2D eigenvalue weighted by molar-refractivity contribution is 5.93. The molecule has 0 spiro atoms. The topological polar surface area (TPSA) is 92.7 Å². The molecule has 2 N–H and O–H groups in total. The molecule has 0 saturated heterocycles. The smallest absolute Gasteiger partial charge is 0.253 e. The molecule has 120 valence electrons. The number of carbonyl (C=O) groups excluding carboxylic acids is 1. The van der Waals surface area contributed by atoms with E-state index in [0.29, 0.717) is 29.4 Å². The number of nitrogens with one attached hydrogen (secondary N) is 2. The van der Waals surface area contributed by atoms with Gasteiger partial charge in [-0.15, -0.1) is 0 Å². The zero-order valence-corrected chi connectivity index (χ0v) is 13.1. The van der Waals surface area contributed by atoms with Crippen LogP contribution in [0.25, 0.3) is 11.4 Å². The molecule has 0 aliphatic heterocycles. The Bertz CT molecular complexity index is 823. The maximum Gasteiger partial charge on any atom is 0.253 e. The van der Waals surface area contributed by atoms with Crippen molar-refractivity contribution in [3.8, 4) is 11.4 Å². The molecule has 0 bridgehead atoms. The normalized spacial score (nSPS) is 10.2. The first-order valence-corrected chi connectivity index (χ1v) is 7.40. The Hall–Kier alpha value is -3.35. The average molecular weight is 320 g/mol. The van der Waals surface area contributed by atoms with E-state index in [1.54, 1.807) is 43.8 Å². The molecular weight excluding hydrogens is 304 g/mol. The summed E-state index contributed by atoms with van der Waals surface area (Å²) < 4.78 is 0. The zero-order chi connectivity index (χ0) is 16.8. The Labute approximate surface area is 139 Å². The van der Waals surface area contributed by atoms with Gasteiger partial charge in [-0.05, 0) is 24.3 Å². The van der Waals surface area contributed by atoms with Crippen LogP contribution in [0.15, 0.2) is 55.1 Å². The highest BCUT2D eigenvalue weighted by atomic mass is 16.1. The van der Waals surface area contributed by atoms with Crippen molar-refractivity contribution in [1.82, 2.24) is 25.3 Å². The van der Waals surface area contributed by atoms with E-state index in [9.17, 15) is 4.79 Å². The van der Waals surface area contributed by atoms with Crippen molar-refractivity contribution >= 4 is 11.7 Å². The molecule has 0 fully saturated rings. The predicted octanol–water partition coefficient (Wildman–Crippen LogP) is 1.91. The number of hydrogen-bond donors (Lipinski definition) is 2. The minimum atomic E-state index is -0.196. The summed E-state index contributed by atoms with van der Waals surface area (Å²) in [5, 5.41) is 5.84. The first-order valence-electron chi connectivity index (χ1n) is 7.40. The number of amides is 1. The Kier molecular flexibility index (Phi) is 4.71. The van der Waals surface area contributed by atoms with Crippen LogP contribution < -0.4 is 10.6 Å². The van der Waals surface area contributed by atoms with Gasteiger partial charge in [0.1, 0.15) is 5.82 Å². The fourth-order valence-electron chi connectivity index (χ4n) is 2.12.